The molecule has 168 valence electrons. The average molecular weight is 469 g/mol. The molecule has 0 spiro atoms. The summed E-state index contributed by atoms with van der Waals surface area (Å²) < 4.78 is 53.5. The Bertz CT molecular complexity index is 1170. The van der Waals surface area contributed by atoms with Crippen molar-refractivity contribution in [2.45, 2.75) is 18.4 Å². The van der Waals surface area contributed by atoms with Crippen molar-refractivity contribution in [2.24, 2.45) is 0 Å². The van der Waals surface area contributed by atoms with Gasteiger partial charge in [-0.15, -0.1) is 0 Å². The summed E-state index contributed by atoms with van der Waals surface area (Å²) in [7, 11) is 0. The number of benzene rings is 2. The maximum absolute atomic E-state index is 13.4. The fourth-order valence-corrected chi connectivity index (χ4v) is 3.89. The first-order chi connectivity index (χ1) is 15.1. The van der Waals surface area contributed by atoms with E-state index in [1.54, 1.807) is 11.0 Å². The van der Waals surface area contributed by atoms with Crippen LogP contribution >= 0.6 is 11.6 Å². The van der Waals surface area contributed by atoms with Crippen LogP contribution in [0.2, 0.25) is 5.02 Å². The van der Waals surface area contributed by atoms with Gasteiger partial charge in [0.05, 0.1) is 27.7 Å². The van der Waals surface area contributed by atoms with E-state index in [0.717, 1.165) is 6.07 Å². The number of carbonyl (C=O) groups is 1. The van der Waals surface area contributed by atoms with Crippen molar-refractivity contribution >= 4 is 34.3 Å². The van der Waals surface area contributed by atoms with Crippen LogP contribution in [-0.4, -0.2) is 51.7 Å². The second-order valence-electron chi connectivity index (χ2n) is 7.48. The molecule has 2 N–H and O–H groups in total. The standard InChI is InChI=1S/C21H17ClF4N4O2/c22-16-5-4-11(6-15(16)21(24,25)26)17(9-30-7-12(23)8-30)29-19-13-2-1-3-14(20(31)32)18(13)27-10-28-19/h1-6,10,12,17H,7-9H2,(H,31,32)(H,27,28,29)/t17-/m1/s1. The molecule has 2 heterocycles. The zero-order valence-electron chi connectivity index (χ0n) is 16.4. The van der Waals surface area contributed by atoms with E-state index in [-0.39, 0.29) is 42.1 Å². The molecule has 1 atom stereocenters. The van der Waals surface area contributed by atoms with E-state index in [1.807, 2.05) is 0 Å². The highest BCUT2D eigenvalue weighted by atomic mass is 35.5. The van der Waals surface area contributed by atoms with Crippen molar-refractivity contribution < 1.29 is 27.5 Å². The number of carboxylic acid groups (broad SMARTS) is 1. The summed E-state index contributed by atoms with van der Waals surface area (Å²) in [6, 6.07) is 7.44. The molecule has 3 aromatic rings. The molecular formula is C21H17ClF4N4O2. The number of rotatable bonds is 6. The molecule has 1 aliphatic rings. The lowest BCUT2D eigenvalue weighted by Gasteiger charge is -2.37. The molecule has 2 aromatic carbocycles. The Labute approximate surface area is 184 Å². The Morgan fingerprint density at radius 3 is 2.66 bits per heavy atom. The van der Waals surface area contributed by atoms with Crippen LogP contribution in [-0.2, 0) is 6.18 Å². The number of likely N-dealkylation sites (tertiary alicyclic amines) is 1. The first-order valence-corrected chi connectivity index (χ1v) is 9.98. The number of anilines is 1. The SMILES string of the molecule is O=C(O)c1cccc2c(N[C@H](CN3CC(F)C3)c3ccc(Cl)c(C(F)(F)F)c3)ncnc12. The molecule has 1 aliphatic heterocycles. The Morgan fingerprint density at radius 1 is 1.25 bits per heavy atom. The molecule has 11 heteroatoms. The number of hydrogen-bond acceptors (Lipinski definition) is 5. The van der Waals surface area contributed by atoms with Gasteiger partial charge in [0.1, 0.15) is 18.3 Å². The van der Waals surface area contributed by atoms with Crippen LogP contribution in [0, 0.1) is 0 Å². The summed E-state index contributed by atoms with van der Waals surface area (Å²) in [6.07, 6.45) is -4.45. The van der Waals surface area contributed by atoms with Crippen LogP contribution in [0.25, 0.3) is 10.9 Å². The first-order valence-electron chi connectivity index (χ1n) is 9.60. The van der Waals surface area contributed by atoms with Gasteiger partial charge in [-0.3, -0.25) is 4.90 Å². The van der Waals surface area contributed by atoms with Gasteiger partial charge in [0.2, 0.25) is 0 Å². The van der Waals surface area contributed by atoms with E-state index in [2.05, 4.69) is 15.3 Å². The average Bonchev–Trinajstić information content (AvgIpc) is 2.71. The summed E-state index contributed by atoms with van der Waals surface area (Å²) >= 11 is 5.76. The van der Waals surface area contributed by atoms with Crippen LogP contribution in [0.1, 0.15) is 27.5 Å². The minimum absolute atomic E-state index is 0.0293. The molecule has 6 nitrogen and oxygen atoms in total. The van der Waals surface area contributed by atoms with Gasteiger partial charge in [-0.05, 0) is 29.8 Å². The van der Waals surface area contributed by atoms with Crippen LogP contribution in [0.3, 0.4) is 0 Å². The van der Waals surface area contributed by atoms with Gasteiger partial charge >= 0.3 is 12.1 Å². The summed E-state index contributed by atoms with van der Waals surface area (Å²) in [4.78, 5) is 21.5. The number of nitrogens with zero attached hydrogens (tertiary/aromatic N) is 3. The number of aromatic carboxylic acids is 1. The van der Waals surface area contributed by atoms with Crippen molar-refractivity contribution in [2.75, 3.05) is 25.0 Å². The van der Waals surface area contributed by atoms with E-state index in [1.165, 1.54) is 30.6 Å². The highest BCUT2D eigenvalue weighted by Gasteiger charge is 2.35. The first kappa shape index (κ1) is 22.2. The van der Waals surface area contributed by atoms with Crippen molar-refractivity contribution in [1.29, 1.82) is 0 Å². The van der Waals surface area contributed by atoms with Crippen molar-refractivity contribution in [3.05, 3.63) is 64.4 Å². The molecule has 0 saturated carbocycles. The fraction of sp³-hybridized carbons (Fsp3) is 0.286. The Kier molecular flexibility index (Phi) is 5.91. The molecule has 0 amide bonds. The second kappa shape index (κ2) is 8.51. The summed E-state index contributed by atoms with van der Waals surface area (Å²) in [5, 5.41) is 12.5. The number of hydrogen-bond donors (Lipinski definition) is 2. The molecule has 4 rings (SSSR count). The van der Waals surface area contributed by atoms with Gasteiger partial charge in [-0.25, -0.2) is 19.2 Å². The molecule has 0 aliphatic carbocycles. The Morgan fingerprint density at radius 2 is 2.00 bits per heavy atom. The smallest absolute Gasteiger partial charge is 0.417 e. The summed E-state index contributed by atoms with van der Waals surface area (Å²) in [5.41, 5.74) is -0.532. The predicted octanol–water partition coefficient (Wildman–Crippen LogP) is 4.81. The normalized spacial score (nSPS) is 16.0. The van der Waals surface area contributed by atoms with Crippen LogP contribution in [0.4, 0.5) is 23.4 Å². The molecule has 0 unspecified atom stereocenters. The monoisotopic (exact) mass is 468 g/mol. The largest absolute Gasteiger partial charge is 0.478 e. The lowest BCUT2D eigenvalue weighted by molar-refractivity contribution is -0.137. The maximum atomic E-state index is 13.4. The molecule has 0 radical (unpaired) electrons. The molecule has 32 heavy (non-hydrogen) atoms. The lowest BCUT2D eigenvalue weighted by atomic mass is 10.0. The van der Waals surface area contributed by atoms with Crippen molar-refractivity contribution in [3.63, 3.8) is 0 Å². The third kappa shape index (κ3) is 4.46. The maximum Gasteiger partial charge on any atom is 0.417 e. The van der Waals surface area contributed by atoms with Gasteiger partial charge in [0.15, 0.2) is 0 Å². The highest BCUT2D eigenvalue weighted by Crippen LogP contribution is 2.37. The third-order valence-corrected chi connectivity index (χ3v) is 5.59. The molecule has 1 saturated heterocycles. The Balaban J connectivity index is 1.74. The molecule has 0 bridgehead atoms. The van der Waals surface area contributed by atoms with E-state index in [9.17, 15) is 27.5 Å². The topological polar surface area (TPSA) is 78.4 Å². The van der Waals surface area contributed by atoms with E-state index >= 15 is 0 Å². The second-order valence-corrected chi connectivity index (χ2v) is 7.89. The van der Waals surface area contributed by atoms with Crippen molar-refractivity contribution in [1.82, 2.24) is 14.9 Å². The number of halogens is 5. The summed E-state index contributed by atoms with van der Waals surface area (Å²) in [6.45, 7) is 0.556. The minimum Gasteiger partial charge on any atom is -0.478 e. The van der Waals surface area contributed by atoms with Crippen LogP contribution in [0.15, 0.2) is 42.7 Å². The van der Waals surface area contributed by atoms with Gasteiger partial charge < -0.3 is 10.4 Å². The number of fused-ring (bicyclic) bond motifs is 1. The molecular weight excluding hydrogens is 452 g/mol. The van der Waals surface area contributed by atoms with E-state index in [0.29, 0.717) is 5.39 Å². The molecule has 1 fully saturated rings. The van der Waals surface area contributed by atoms with Gasteiger partial charge in [0, 0.05) is 25.0 Å². The highest BCUT2D eigenvalue weighted by molar-refractivity contribution is 6.31. The number of carboxylic acids is 1. The lowest BCUT2D eigenvalue weighted by Crippen LogP contribution is -2.50. The number of nitrogens with one attached hydrogen (secondary N) is 1. The van der Waals surface area contributed by atoms with Gasteiger partial charge in [0.25, 0.3) is 0 Å². The fourth-order valence-electron chi connectivity index (χ4n) is 3.67. The van der Waals surface area contributed by atoms with Gasteiger partial charge in [-0.2, -0.15) is 13.2 Å². The van der Waals surface area contributed by atoms with Gasteiger partial charge in [-0.1, -0.05) is 23.7 Å². The van der Waals surface area contributed by atoms with Crippen LogP contribution in [0.5, 0.6) is 0 Å². The predicted molar refractivity (Wildman–Crippen MR) is 111 cm³/mol. The number of para-hydroxylation sites is 1. The Hall–Kier alpha value is -2.98. The third-order valence-electron chi connectivity index (χ3n) is 5.26. The number of aromatic nitrogens is 2. The quantitative estimate of drug-likeness (QED) is 0.506. The number of alkyl halides is 4. The zero-order valence-corrected chi connectivity index (χ0v) is 17.2. The minimum atomic E-state index is -4.64. The van der Waals surface area contributed by atoms with Crippen molar-refractivity contribution in [3.8, 4) is 0 Å². The zero-order chi connectivity index (χ0) is 23.0. The van der Waals surface area contributed by atoms with E-state index in [4.69, 9.17) is 11.6 Å². The van der Waals surface area contributed by atoms with E-state index < -0.39 is 34.9 Å². The molecule has 1 aromatic heterocycles. The summed E-state index contributed by atoms with van der Waals surface area (Å²) in [5.74, 6) is -0.914. The van der Waals surface area contributed by atoms with Crippen LogP contribution < -0.4 is 5.32 Å².